The van der Waals surface area contributed by atoms with E-state index in [2.05, 4.69) is 22.2 Å². The maximum absolute atomic E-state index is 6.45. The number of nitrogens with zero attached hydrogens (tertiary/aromatic N) is 4. The summed E-state index contributed by atoms with van der Waals surface area (Å²) in [6.45, 7) is 0.659. The minimum atomic E-state index is 0.606. The molecule has 150 valence electrons. The van der Waals surface area contributed by atoms with Gasteiger partial charge in [-0.2, -0.15) is 5.10 Å². The molecule has 0 radical (unpaired) electrons. The average molecular weight is 453 g/mol. The molecule has 2 heterocycles. The van der Waals surface area contributed by atoms with Crippen LogP contribution in [0.2, 0.25) is 10.0 Å². The summed E-state index contributed by atoms with van der Waals surface area (Å²) < 4.78 is 1.79. The van der Waals surface area contributed by atoms with Crippen LogP contribution in [-0.4, -0.2) is 22.4 Å². The third kappa shape index (κ3) is 5.05. The Bertz CT molecular complexity index is 1210. The molecule has 30 heavy (non-hydrogen) atoms. The zero-order chi connectivity index (χ0) is 20.8. The third-order valence-electron chi connectivity index (χ3n) is 4.37. The van der Waals surface area contributed by atoms with Crippen LogP contribution >= 0.6 is 34.5 Å². The fourth-order valence-corrected chi connectivity index (χ4v) is 4.13. The largest absolute Gasteiger partial charge is 0.257 e. The molecule has 0 bridgehead atoms. The van der Waals surface area contributed by atoms with Crippen molar-refractivity contribution in [2.24, 2.45) is 10.1 Å². The summed E-state index contributed by atoms with van der Waals surface area (Å²) in [5.41, 5.74) is 3.65. The van der Waals surface area contributed by atoms with Crippen molar-refractivity contribution in [2.75, 3.05) is 6.54 Å². The number of hydrogen-bond acceptors (Lipinski definition) is 4. The molecule has 2 aromatic heterocycles. The van der Waals surface area contributed by atoms with Gasteiger partial charge in [-0.25, -0.2) is 4.68 Å². The lowest BCUT2D eigenvalue weighted by molar-refractivity contribution is 0.816. The van der Waals surface area contributed by atoms with Crippen LogP contribution in [0.4, 0.5) is 0 Å². The van der Waals surface area contributed by atoms with E-state index in [0.29, 0.717) is 16.6 Å². The minimum Gasteiger partial charge on any atom is -0.257 e. The maximum Gasteiger partial charge on any atom is 0.206 e. The Labute approximate surface area is 188 Å². The summed E-state index contributed by atoms with van der Waals surface area (Å²) in [5, 5.41) is 7.87. The van der Waals surface area contributed by atoms with Crippen LogP contribution in [0, 0.1) is 0 Å². The minimum absolute atomic E-state index is 0.606. The lowest BCUT2D eigenvalue weighted by atomic mass is 10.2. The second kappa shape index (κ2) is 9.85. The van der Waals surface area contributed by atoms with Crippen LogP contribution in [-0.2, 0) is 6.42 Å². The number of thiazole rings is 1. The Hall–Kier alpha value is -2.73. The van der Waals surface area contributed by atoms with E-state index in [1.54, 1.807) is 29.2 Å². The second-order valence-corrected chi connectivity index (χ2v) is 8.14. The van der Waals surface area contributed by atoms with Crippen molar-refractivity contribution in [1.82, 2.24) is 9.66 Å². The van der Waals surface area contributed by atoms with E-state index < -0.39 is 0 Å². The molecule has 0 atom stereocenters. The van der Waals surface area contributed by atoms with Crippen LogP contribution in [0.1, 0.15) is 11.3 Å². The molecule has 0 aliphatic rings. The molecule has 4 nitrogen and oxygen atoms in total. The normalized spacial score (nSPS) is 12.0. The van der Waals surface area contributed by atoms with Crippen molar-refractivity contribution in [3.63, 3.8) is 0 Å². The van der Waals surface area contributed by atoms with E-state index in [1.165, 1.54) is 16.9 Å². The fourth-order valence-electron chi connectivity index (χ4n) is 2.89. The molecular formula is C23H18Cl2N4S. The molecule has 4 rings (SSSR count). The third-order valence-corrected chi connectivity index (χ3v) is 5.79. The number of pyridine rings is 1. The first kappa shape index (κ1) is 20.5. The average Bonchev–Trinajstić information content (AvgIpc) is 3.18. The predicted octanol–water partition coefficient (Wildman–Crippen LogP) is 5.94. The smallest absolute Gasteiger partial charge is 0.206 e. The Morgan fingerprint density at radius 1 is 1.00 bits per heavy atom. The van der Waals surface area contributed by atoms with Gasteiger partial charge in [-0.1, -0.05) is 59.6 Å². The summed E-state index contributed by atoms with van der Waals surface area (Å²) in [7, 11) is 0. The van der Waals surface area contributed by atoms with Crippen LogP contribution in [0.15, 0.2) is 88.4 Å². The number of hydrogen-bond donors (Lipinski definition) is 0. The lowest BCUT2D eigenvalue weighted by Crippen LogP contribution is -2.13. The van der Waals surface area contributed by atoms with Gasteiger partial charge >= 0.3 is 0 Å². The van der Waals surface area contributed by atoms with Gasteiger partial charge in [0.25, 0.3) is 0 Å². The molecule has 0 saturated heterocycles. The van der Waals surface area contributed by atoms with Crippen molar-refractivity contribution < 1.29 is 0 Å². The molecule has 0 unspecified atom stereocenters. The van der Waals surface area contributed by atoms with Gasteiger partial charge in [0.05, 0.1) is 22.6 Å². The van der Waals surface area contributed by atoms with Gasteiger partial charge in [-0.15, -0.1) is 11.3 Å². The van der Waals surface area contributed by atoms with Crippen LogP contribution in [0.3, 0.4) is 0 Å². The molecule has 4 aromatic rings. The predicted molar refractivity (Wildman–Crippen MR) is 126 cm³/mol. The van der Waals surface area contributed by atoms with E-state index in [-0.39, 0.29) is 0 Å². The van der Waals surface area contributed by atoms with Gasteiger partial charge in [0.1, 0.15) is 0 Å². The Morgan fingerprint density at radius 3 is 2.63 bits per heavy atom. The maximum atomic E-state index is 6.45. The SMILES string of the molecule is Clc1ccc(Cl)c(-c2csc(=NCCc3ccccc3)n2N=Cc2ccccn2)c1. The van der Waals surface area contributed by atoms with Crippen molar-refractivity contribution in [1.29, 1.82) is 0 Å². The molecule has 0 spiro atoms. The highest BCUT2D eigenvalue weighted by atomic mass is 35.5. The fraction of sp³-hybridized carbons (Fsp3) is 0.0870. The van der Waals surface area contributed by atoms with Gasteiger partial charge in [0.15, 0.2) is 0 Å². The molecule has 0 aliphatic heterocycles. The van der Waals surface area contributed by atoms with Gasteiger partial charge < -0.3 is 0 Å². The standard InChI is InChI=1S/C23H18Cl2N4S/c24-18-9-10-21(25)20(14-18)22-16-30-23(27-13-11-17-6-2-1-3-7-17)29(22)28-15-19-8-4-5-12-26-19/h1-10,12,14-16H,11,13H2. The zero-order valence-corrected chi connectivity index (χ0v) is 18.3. The highest BCUT2D eigenvalue weighted by molar-refractivity contribution is 7.07. The molecule has 0 aliphatic carbocycles. The Morgan fingerprint density at radius 2 is 1.83 bits per heavy atom. The summed E-state index contributed by atoms with van der Waals surface area (Å²) >= 11 is 14.2. The topological polar surface area (TPSA) is 42.5 Å². The zero-order valence-electron chi connectivity index (χ0n) is 16.0. The lowest BCUT2D eigenvalue weighted by Gasteiger charge is -2.06. The van der Waals surface area contributed by atoms with Crippen molar-refractivity contribution >= 4 is 40.8 Å². The number of halogens is 2. The van der Waals surface area contributed by atoms with Gasteiger partial charge in [-0.05, 0) is 42.3 Å². The quantitative estimate of drug-likeness (QED) is 0.333. The number of rotatable bonds is 6. The molecule has 0 fully saturated rings. The summed E-state index contributed by atoms with van der Waals surface area (Å²) in [4.78, 5) is 9.87. The van der Waals surface area contributed by atoms with Gasteiger partial charge in [0.2, 0.25) is 4.80 Å². The molecule has 2 aromatic carbocycles. The van der Waals surface area contributed by atoms with Crippen molar-refractivity contribution in [3.8, 4) is 11.3 Å². The molecule has 0 amide bonds. The second-order valence-electron chi connectivity index (χ2n) is 6.46. The first-order chi connectivity index (χ1) is 14.7. The van der Waals surface area contributed by atoms with E-state index in [4.69, 9.17) is 28.2 Å². The van der Waals surface area contributed by atoms with Gasteiger partial charge in [0, 0.05) is 28.7 Å². The van der Waals surface area contributed by atoms with Gasteiger partial charge in [-0.3, -0.25) is 9.98 Å². The number of benzene rings is 2. The summed E-state index contributed by atoms with van der Waals surface area (Å²) in [6.07, 6.45) is 4.31. The van der Waals surface area contributed by atoms with E-state index >= 15 is 0 Å². The number of aromatic nitrogens is 2. The monoisotopic (exact) mass is 452 g/mol. The van der Waals surface area contributed by atoms with Crippen LogP contribution in [0.25, 0.3) is 11.3 Å². The molecule has 0 N–H and O–H groups in total. The summed E-state index contributed by atoms with van der Waals surface area (Å²) in [5.74, 6) is 0. The first-order valence-electron chi connectivity index (χ1n) is 9.36. The van der Waals surface area contributed by atoms with E-state index in [9.17, 15) is 0 Å². The van der Waals surface area contributed by atoms with E-state index in [0.717, 1.165) is 28.2 Å². The van der Waals surface area contributed by atoms with Crippen LogP contribution < -0.4 is 4.80 Å². The van der Waals surface area contributed by atoms with Crippen LogP contribution in [0.5, 0.6) is 0 Å². The van der Waals surface area contributed by atoms with E-state index in [1.807, 2.05) is 47.8 Å². The molecule has 7 heteroatoms. The van der Waals surface area contributed by atoms with Crippen molar-refractivity contribution in [3.05, 3.63) is 104 Å². The first-order valence-corrected chi connectivity index (χ1v) is 11.0. The Balaban J connectivity index is 1.72. The highest BCUT2D eigenvalue weighted by Gasteiger charge is 2.12. The highest BCUT2D eigenvalue weighted by Crippen LogP contribution is 2.30. The Kier molecular flexibility index (Phi) is 6.74. The van der Waals surface area contributed by atoms with Crippen molar-refractivity contribution in [2.45, 2.75) is 6.42 Å². The molecule has 0 saturated carbocycles. The summed E-state index contributed by atoms with van der Waals surface area (Å²) in [6, 6.07) is 21.4. The molecular weight excluding hydrogens is 435 g/mol.